The van der Waals surface area contributed by atoms with Gasteiger partial charge in [-0.15, -0.1) is 0 Å². The maximum absolute atomic E-state index is 12.9. The fraction of sp³-hybridized carbons (Fsp3) is 0.350. The highest BCUT2D eigenvalue weighted by molar-refractivity contribution is 7.89. The highest BCUT2D eigenvalue weighted by Crippen LogP contribution is 2.25. The average Bonchev–Trinajstić information content (AvgIpc) is 2.69. The number of carbonyl (C=O) groups excluding carboxylic acids is 1. The molecular weight excluding hydrogens is 449 g/mol. The number of rotatable bonds is 6. The third-order valence-corrected chi connectivity index (χ3v) is 7.12. The number of nitrogens with one attached hydrogen (secondary N) is 2. The van der Waals surface area contributed by atoms with E-state index in [1.54, 1.807) is 30.3 Å². The van der Waals surface area contributed by atoms with Crippen molar-refractivity contribution in [3.05, 3.63) is 52.5 Å². The highest BCUT2D eigenvalue weighted by atomic mass is 35.5. The van der Waals surface area contributed by atoms with Crippen LogP contribution in [0.3, 0.4) is 0 Å². The zero-order valence-electron chi connectivity index (χ0n) is 16.6. The van der Waals surface area contributed by atoms with Crippen LogP contribution in [0.1, 0.15) is 13.8 Å². The van der Waals surface area contributed by atoms with Gasteiger partial charge in [0.25, 0.3) is 0 Å². The fourth-order valence-corrected chi connectivity index (χ4v) is 5.07. The molecule has 0 bridgehead atoms. The summed E-state index contributed by atoms with van der Waals surface area (Å²) in [5.41, 5.74) is 1.16. The molecule has 0 radical (unpaired) electrons. The van der Waals surface area contributed by atoms with E-state index in [1.165, 1.54) is 16.4 Å². The number of carbonyl (C=O) groups is 1. The Kier molecular flexibility index (Phi) is 7.26. The third kappa shape index (κ3) is 5.65. The second-order valence-electron chi connectivity index (χ2n) is 7.13. The minimum absolute atomic E-state index is 0.00480. The molecule has 1 heterocycles. The Balaban J connectivity index is 1.58. The number of hydrogen-bond donors (Lipinski definition) is 2. The van der Waals surface area contributed by atoms with Crippen LogP contribution in [0, 0.1) is 0 Å². The lowest BCUT2D eigenvalue weighted by molar-refractivity contribution is -0.114. The van der Waals surface area contributed by atoms with E-state index >= 15 is 0 Å². The van der Waals surface area contributed by atoms with Crippen LogP contribution in [0.5, 0.6) is 0 Å². The molecule has 1 aliphatic rings. The van der Waals surface area contributed by atoms with Gasteiger partial charge in [-0.05, 0) is 56.3 Å². The SMILES string of the molecule is CC1CN(S(=O)(=O)c2ccc(NCC(=O)Nc3ccc(Cl)c(Cl)c3)cc2)CC(C)O1. The molecule has 1 aliphatic heterocycles. The van der Waals surface area contributed by atoms with Crippen molar-refractivity contribution in [3.63, 3.8) is 0 Å². The first-order valence-electron chi connectivity index (χ1n) is 9.39. The number of anilines is 2. The van der Waals surface area contributed by atoms with E-state index in [4.69, 9.17) is 27.9 Å². The first-order valence-corrected chi connectivity index (χ1v) is 11.6. The smallest absolute Gasteiger partial charge is 0.243 e. The van der Waals surface area contributed by atoms with Gasteiger partial charge in [-0.3, -0.25) is 4.79 Å². The van der Waals surface area contributed by atoms with E-state index in [0.717, 1.165) is 0 Å². The molecule has 0 spiro atoms. The van der Waals surface area contributed by atoms with Crippen LogP contribution in [0.25, 0.3) is 0 Å². The molecule has 1 amide bonds. The van der Waals surface area contributed by atoms with Gasteiger partial charge in [0.1, 0.15) is 0 Å². The van der Waals surface area contributed by atoms with E-state index in [0.29, 0.717) is 34.5 Å². The lowest BCUT2D eigenvalue weighted by Crippen LogP contribution is -2.48. The van der Waals surface area contributed by atoms with Gasteiger partial charge in [-0.1, -0.05) is 23.2 Å². The number of nitrogens with zero attached hydrogens (tertiary/aromatic N) is 1. The van der Waals surface area contributed by atoms with Gasteiger partial charge in [0.05, 0.1) is 33.7 Å². The van der Waals surface area contributed by atoms with Crippen LogP contribution in [0.15, 0.2) is 47.4 Å². The molecule has 2 aromatic carbocycles. The molecular formula is C20H23Cl2N3O4S. The molecule has 1 fully saturated rings. The Bertz CT molecular complexity index is 1010. The summed E-state index contributed by atoms with van der Waals surface area (Å²) in [6.45, 7) is 4.36. The van der Waals surface area contributed by atoms with Crippen LogP contribution in [0.4, 0.5) is 11.4 Å². The minimum atomic E-state index is -3.60. The van der Waals surface area contributed by atoms with Gasteiger partial charge in [0.2, 0.25) is 15.9 Å². The lowest BCUT2D eigenvalue weighted by Gasteiger charge is -2.34. The van der Waals surface area contributed by atoms with Crippen LogP contribution >= 0.6 is 23.2 Å². The summed E-state index contributed by atoms with van der Waals surface area (Å²) in [6, 6.07) is 11.1. The standard InChI is InChI=1S/C20H23Cl2N3O4S/c1-13-11-25(12-14(2)29-13)30(27,28)17-6-3-15(4-7-17)23-10-20(26)24-16-5-8-18(21)19(22)9-16/h3-9,13-14,23H,10-12H2,1-2H3,(H,24,26). The summed E-state index contributed by atoms with van der Waals surface area (Å²) in [4.78, 5) is 12.3. The van der Waals surface area contributed by atoms with Crippen molar-refractivity contribution in [2.24, 2.45) is 0 Å². The minimum Gasteiger partial charge on any atom is -0.376 e. The number of sulfonamides is 1. The highest BCUT2D eigenvalue weighted by Gasteiger charge is 2.32. The van der Waals surface area contributed by atoms with Crippen molar-refractivity contribution >= 4 is 50.5 Å². The molecule has 2 unspecified atom stereocenters. The van der Waals surface area contributed by atoms with Gasteiger partial charge < -0.3 is 15.4 Å². The van der Waals surface area contributed by atoms with Crippen molar-refractivity contribution in [2.75, 3.05) is 30.3 Å². The van der Waals surface area contributed by atoms with Crippen LogP contribution in [-0.4, -0.2) is 50.5 Å². The first-order chi connectivity index (χ1) is 14.1. The van der Waals surface area contributed by atoms with Gasteiger partial charge in [0, 0.05) is 24.5 Å². The van der Waals surface area contributed by atoms with Gasteiger partial charge >= 0.3 is 0 Å². The zero-order valence-corrected chi connectivity index (χ0v) is 18.9. The fourth-order valence-electron chi connectivity index (χ4n) is 3.18. The molecule has 7 nitrogen and oxygen atoms in total. The van der Waals surface area contributed by atoms with Crippen molar-refractivity contribution in [1.29, 1.82) is 0 Å². The maximum Gasteiger partial charge on any atom is 0.243 e. The van der Waals surface area contributed by atoms with Crippen molar-refractivity contribution in [2.45, 2.75) is 31.0 Å². The number of benzene rings is 2. The maximum atomic E-state index is 12.9. The molecule has 0 saturated carbocycles. The molecule has 30 heavy (non-hydrogen) atoms. The summed E-state index contributed by atoms with van der Waals surface area (Å²) in [7, 11) is -3.60. The number of halogens is 2. The van der Waals surface area contributed by atoms with E-state index < -0.39 is 10.0 Å². The molecule has 10 heteroatoms. The largest absolute Gasteiger partial charge is 0.376 e. The Hall–Kier alpha value is -1.84. The van der Waals surface area contributed by atoms with Crippen LogP contribution < -0.4 is 10.6 Å². The quantitative estimate of drug-likeness (QED) is 0.667. The summed E-state index contributed by atoms with van der Waals surface area (Å²) in [5.74, 6) is -0.277. The zero-order chi connectivity index (χ0) is 21.9. The lowest BCUT2D eigenvalue weighted by atomic mass is 10.3. The number of morpholine rings is 1. The van der Waals surface area contributed by atoms with E-state index in [1.807, 2.05) is 13.8 Å². The molecule has 162 valence electrons. The van der Waals surface area contributed by atoms with Gasteiger partial charge in [-0.2, -0.15) is 4.31 Å². The summed E-state index contributed by atoms with van der Waals surface area (Å²) < 4.78 is 32.8. The Morgan fingerprint density at radius 1 is 1.03 bits per heavy atom. The molecule has 0 aliphatic carbocycles. The Morgan fingerprint density at radius 2 is 1.63 bits per heavy atom. The molecule has 1 saturated heterocycles. The van der Waals surface area contributed by atoms with E-state index in [9.17, 15) is 13.2 Å². The molecule has 2 aromatic rings. The number of hydrogen-bond acceptors (Lipinski definition) is 5. The second kappa shape index (κ2) is 9.53. The Morgan fingerprint density at radius 3 is 2.23 bits per heavy atom. The van der Waals surface area contributed by atoms with Gasteiger partial charge in [0.15, 0.2) is 0 Å². The van der Waals surface area contributed by atoms with Crippen molar-refractivity contribution in [1.82, 2.24) is 4.31 Å². The number of ether oxygens (including phenoxy) is 1. The van der Waals surface area contributed by atoms with Crippen molar-refractivity contribution < 1.29 is 17.9 Å². The van der Waals surface area contributed by atoms with Crippen LogP contribution in [-0.2, 0) is 19.6 Å². The third-order valence-electron chi connectivity index (χ3n) is 4.53. The summed E-state index contributed by atoms with van der Waals surface area (Å²) >= 11 is 11.8. The molecule has 2 atom stereocenters. The monoisotopic (exact) mass is 471 g/mol. The van der Waals surface area contributed by atoms with E-state index in [-0.39, 0.29) is 29.6 Å². The van der Waals surface area contributed by atoms with Crippen LogP contribution in [0.2, 0.25) is 10.0 Å². The van der Waals surface area contributed by atoms with Crippen molar-refractivity contribution in [3.8, 4) is 0 Å². The van der Waals surface area contributed by atoms with E-state index in [2.05, 4.69) is 10.6 Å². The first kappa shape index (κ1) is 22.8. The molecule has 3 rings (SSSR count). The Labute approximate surface area is 186 Å². The molecule has 0 aromatic heterocycles. The topological polar surface area (TPSA) is 87.7 Å². The predicted molar refractivity (Wildman–Crippen MR) is 119 cm³/mol. The number of amides is 1. The van der Waals surface area contributed by atoms with Gasteiger partial charge in [-0.25, -0.2) is 8.42 Å². The second-order valence-corrected chi connectivity index (χ2v) is 9.89. The average molecular weight is 472 g/mol. The molecule has 2 N–H and O–H groups in total. The summed E-state index contributed by atoms with van der Waals surface area (Å²) in [6.07, 6.45) is -0.308. The normalized spacial score (nSPS) is 20.0. The predicted octanol–water partition coefficient (Wildman–Crippen LogP) is 3.84. The summed E-state index contributed by atoms with van der Waals surface area (Å²) in [5, 5.41) is 6.43.